The Kier molecular flexibility index (Phi) is 6.64. The summed E-state index contributed by atoms with van der Waals surface area (Å²) in [5, 5.41) is -0.0392. The van der Waals surface area contributed by atoms with E-state index in [2.05, 4.69) is 9.97 Å². The fourth-order valence-corrected chi connectivity index (χ4v) is 3.82. The van der Waals surface area contributed by atoms with Crippen molar-refractivity contribution in [1.29, 1.82) is 0 Å². The number of carbonyl (C=O) groups is 1. The van der Waals surface area contributed by atoms with Crippen LogP contribution in [0.25, 0.3) is 10.9 Å². The number of fused-ring (bicyclic) bond motifs is 1. The van der Waals surface area contributed by atoms with E-state index in [4.69, 9.17) is 17.3 Å². The molecule has 3 aromatic rings. The molecular formula is C21H18ClF4N3O2. The van der Waals surface area contributed by atoms with Crippen LogP contribution in [0.15, 0.2) is 41.5 Å². The van der Waals surface area contributed by atoms with Crippen LogP contribution >= 0.6 is 11.6 Å². The summed E-state index contributed by atoms with van der Waals surface area (Å²) in [5.74, 6) is -5.66. The number of pyridine rings is 2. The third kappa shape index (κ3) is 5.04. The lowest BCUT2D eigenvalue weighted by Gasteiger charge is -2.29. The van der Waals surface area contributed by atoms with E-state index in [0.29, 0.717) is 11.1 Å². The highest BCUT2D eigenvalue weighted by Gasteiger charge is 2.36. The minimum Gasteiger partial charge on any atom is -0.364 e. The Balaban J connectivity index is 0.000000179. The second kappa shape index (κ2) is 9.05. The lowest BCUT2D eigenvalue weighted by atomic mass is 9.82. The molecule has 31 heavy (non-hydrogen) atoms. The maximum absolute atomic E-state index is 13.2. The van der Waals surface area contributed by atoms with E-state index >= 15 is 0 Å². The van der Waals surface area contributed by atoms with Crippen molar-refractivity contribution in [3.8, 4) is 0 Å². The first kappa shape index (κ1) is 22.7. The van der Waals surface area contributed by atoms with Crippen molar-refractivity contribution in [2.75, 3.05) is 0 Å². The molecule has 2 heterocycles. The highest BCUT2D eigenvalue weighted by atomic mass is 35.5. The molecule has 1 aliphatic rings. The molecule has 3 N–H and O–H groups in total. The summed E-state index contributed by atoms with van der Waals surface area (Å²) >= 11 is 5.70. The third-order valence-corrected chi connectivity index (χ3v) is 5.51. The molecular weight excluding hydrogens is 438 g/mol. The Morgan fingerprint density at radius 2 is 1.84 bits per heavy atom. The lowest BCUT2D eigenvalue weighted by Crippen LogP contribution is -2.23. The van der Waals surface area contributed by atoms with E-state index in [1.165, 1.54) is 24.5 Å². The van der Waals surface area contributed by atoms with E-state index in [0.717, 1.165) is 6.07 Å². The van der Waals surface area contributed by atoms with Crippen molar-refractivity contribution in [2.24, 2.45) is 5.73 Å². The van der Waals surface area contributed by atoms with Gasteiger partial charge in [-0.1, -0.05) is 17.7 Å². The van der Waals surface area contributed by atoms with Crippen molar-refractivity contribution in [2.45, 2.75) is 37.5 Å². The van der Waals surface area contributed by atoms with Gasteiger partial charge in [0.1, 0.15) is 5.69 Å². The molecule has 0 bridgehead atoms. The fraction of sp³-hybridized carbons (Fsp3) is 0.286. The van der Waals surface area contributed by atoms with Crippen LogP contribution in [0.4, 0.5) is 17.6 Å². The van der Waals surface area contributed by atoms with E-state index in [1.807, 2.05) is 0 Å². The quantitative estimate of drug-likeness (QED) is 0.424. The maximum Gasteiger partial charge on any atom is 0.268 e. The number of alkyl halides is 2. The van der Waals surface area contributed by atoms with E-state index < -0.39 is 23.5 Å². The fourth-order valence-electron chi connectivity index (χ4n) is 3.52. The van der Waals surface area contributed by atoms with Crippen molar-refractivity contribution >= 4 is 28.4 Å². The highest BCUT2D eigenvalue weighted by Crippen LogP contribution is 2.43. The number of nitrogens with one attached hydrogen (secondary N) is 1. The second-order valence-electron chi connectivity index (χ2n) is 7.18. The zero-order valence-electron chi connectivity index (χ0n) is 16.1. The molecule has 0 atom stereocenters. The topological polar surface area (TPSA) is 88.8 Å². The van der Waals surface area contributed by atoms with Crippen molar-refractivity contribution in [3.63, 3.8) is 0 Å². The summed E-state index contributed by atoms with van der Waals surface area (Å²) in [6.07, 6.45) is 2.98. The van der Waals surface area contributed by atoms with Crippen LogP contribution in [0, 0.1) is 11.6 Å². The molecule has 10 heteroatoms. The molecule has 0 saturated heterocycles. The van der Waals surface area contributed by atoms with Crippen molar-refractivity contribution in [3.05, 3.63) is 74.8 Å². The van der Waals surface area contributed by atoms with Crippen molar-refractivity contribution in [1.82, 2.24) is 9.97 Å². The molecule has 5 nitrogen and oxygen atoms in total. The predicted octanol–water partition coefficient (Wildman–Crippen LogP) is 4.93. The van der Waals surface area contributed by atoms with Gasteiger partial charge in [-0.25, -0.2) is 17.6 Å². The summed E-state index contributed by atoms with van der Waals surface area (Å²) in [5.41, 5.74) is 5.82. The van der Waals surface area contributed by atoms with Gasteiger partial charge in [0.05, 0.1) is 15.9 Å². The van der Waals surface area contributed by atoms with Gasteiger partial charge in [0.2, 0.25) is 5.92 Å². The van der Waals surface area contributed by atoms with Crippen molar-refractivity contribution < 1.29 is 22.4 Å². The first-order valence-corrected chi connectivity index (χ1v) is 9.76. The van der Waals surface area contributed by atoms with Crippen LogP contribution in [-0.2, 0) is 0 Å². The van der Waals surface area contributed by atoms with E-state index in [1.54, 1.807) is 6.07 Å². The summed E-state index contributed by atoms with van der Waals surface area (Å²) in [4.78, 5) is 29.0. The molecule has 0 radical (unpaired) electrons. The maximum atomic E-state index is 13.2. The number of amides is 1. The number of rotatable bonds is 2. The van der Waals surface area contributed by atoms with Crippen LogP contribution in [-0.4, -0.2) is 21.8 Å². The number of nitrogens with zero attached hydrogens (tertiary/aromatic N) is 1. The average molecular weight is 456 g/mol. The summed E-state index contributed by atoms with van der Waals surface area (Å²) in [6.45, 7) is 0. The SMILES string of the molecule is Fc1ccc(C2CCC(F)(F)CC2)c(Cl)c1F.NC(=O)c1nccc2[nH]ccc(=O)c12. The Morgan fingerprint density at radius 3 is 2.48 bits per heavy atom. The number of benzene rings is 1. The van der Waals surface area contributed by atoms with Crippen LogP contribution in [0.5, 0.6) is 0 Å². The number of primary amides is 1. The monoisotopic (exact) mass is 455 g/mol. The number of halogens is 5. The minimum atomic E-state index is -2.64. The number of carbonyl (C=O) groups excluding carboxylic acids is 1. The van der Waals surface area contributed by atoms with E-state index in [9.17, 15) is 27.2 Å². The molecule has 2 aromatic heterocycles. The van der Waals surface area contributed by atoms with Gasteiger partial charge < -0.3 is 10.7 Å². The van der Waals surface area contributed by atoms with Gasteiger partial charge in [0, 0.05) is 31.3 Å². The smallest absolute Gasteiger partial charge is 0.268 e. The number of aromatic nitrogens is 2. The van der Waals surface area contributed by atoms with Crippen LogP contribution in [0.2, 0.25) is 5.02 Å². The zero-order chi connectivity index (χ0) is 22.8. The summed E-state index contributed by atoms with van der Waals surface area (Å²) in [7, 11) is 0. The van der Waals surface area contributed by atoms with Gasteiger partial charge >= 0.3 is 0 Å². The second-order valence-corrected chi connectivity index (χ2v) is 7.56. The molecule has 4 rings (SSSR count). The molecule has 1 fully saturated rings. The molecule has 0 spiro atoms. The zero-order valence-corrected chi connectivity index (χ0v) is 16.9. The Labute approximate surface area is 179 Å². The first-order valence-electron chi connectivity index (χ1n) is 9.38. The van der Waals surface area contributed by atoms with Gasteiger partial charge in [-0.2, -0.15) is 0 Å². The normalized spacial score (nSPS) is 15.9. The summed E-state index contributed by atoms with van der Waals surface area (Å²) < 4.78 is 52.1. The minimum absolute atomic E-state index is 0.00403. The Hall–Kier alpha value is -2.94. The standard InChI is InChI=1S/C12H11ClF4.C9H7N3O2/c13-10-8(1-2-9(14)11(10)15)7-3-5-12(16,17)6-4-7;10-9(14)8-7-5(1-3-12-8)11-4-2-6(7)13/h1-2,7H,3-6H2;1-4H,(H2,10,14)(H,11,13). The van der Waals surface area contributed by atoms with Crippen LogP contribution in [0.3, 0.4) is 0 Å². The van der Waals surface area contributed by atoms with Gasteiger partial charge in [-0.3, -0.25) is 14.6 Å². The largest absolute Gasteiger partial charge is 0.364 e. The number of hydrogen-bond donors (Lipinski definition) is 2. The molecule has 0 aliphatic heterocycles. The molecule has 1 saturated carbocycles. The number of H-pyrrole nitrogens is 1. The molecule has 1 amide bonds. The van der Waals surface area contributed by atoms with Crippen LogP contribution < -0.4 is 11.2 Å². The van der Waals surface area contributed by atoms with E-state index in [-0.39, 0.29) is 53.1 Å². The Bertz CT molecular complexity index is 1170. The number of hydrogen-bond acceptors (Lipinski definition) is 3. The van der Waals surface area contributed by atoms with Gasteiger partial charge in [-0.05, 0) is 36.5 Å². The predicted molar refractivity (Wildman–Crippen MR) is 108 cm³/mol. The molecule has 1 aliphatic carbocycles. The summed E-state index contributed by atoms with van der Waals surface area (Å²) in [6, 6.07) is 5.32. The highest BCUT2D eigenvalue weighted by molar-refractivity contribution is 6.31. The lowest BCUT2D eigenvalue weighted by molar-refractivity contribution is -0.0382. The average Bonchev–Trinajstić information content (AvgIpc) is 2.73. The van der Waals surface area contributed by atoms with Gasteiger partial charge in [0.25, 0.3) is 5.91 Å². The third-order valence-electron chi connectivity index (χ3n) is 5.13. The number of aromatic amines is 1. The number of nitrogens with two attached hydrogens (primary N) is 1. The van der Waals surface area contributed by atoms with Gasteiger partial charge in [0.15, 0.2) is 17.1 Å². The Morgan fingerprint density at radius 1 is 1.16 bits per heavy atom. The van der Waals surface area contributed by atoms with Crippen LogP contribution in [0.1, 0.15) is 47.7 Å². The van der Waals surface area contributed by atoms with Gasteiger partial charge in [-0.15, -0.1) is 0 Å². The molecule has 164 valence electrons. The first-order chi connectivity index (χ1) is 14.6. The molecule has 1 aromatic carbocycles. The molecule has 0 unspecified atom stereocenters.